The van der Waals surface area contributed by atoms with Gasteiger partial charge in [0.1, 0.15) is 6.26 Å². The molecule has 4 nitrogen and oxygen atoms in total. The summed E-state index contributed by atoms with van der Waals surface area (Å²) in [7, 11) is 4.05. The molecule has 2 aromatic rings. The average molecular weight is 316 g/mol. The number of pyridine rings is 1. The summed E-state index contributed by atoms with van der Waals surface area (Å²) in [6.45, 7) is 0. The molecule has 0 atom stereocenters. The lowest BCUT2D eigenvalue weighted by molar-refractivity contribution is 0.550. The van der Waals surface area contributed by atoms with Crippen molar-refractivity contribution in [1.82, 2.24) is 4.98 Å². The van der Waals surface area contributed by atoms with Gasteiger partial charge in [0.25, 0.3) is 0 Å². The lowest BCUT2D eigenvalue weighted by atomic mass is 9.99. The van der Waals surface area contributed by atoms with E-state index in [-0.39, 0.29) is 5.43 Å². The molecule has 0 aromatic heterocycles. The van der Waals surface area contributed by atoms with Gasteiger partial charge in [0.05, 0.1) is 23.2 Å². The third kappa shape index (κ3) is 2.24. The van der Waals surface area contributed by atoms with Gasteiger partial charge in [-0.1, -0.05) is 30.3 Å². The van der Waals surface area contributed by atoms with Crippen LogP contribution in [0.15, 0.2) is 70.3 Å². The van der Waals surface area contributed by atoms with Gasteiger partial charge in [-0.25, -0.2) is 4.98 Å². The van der Waals surface area contributed by atoms with Gasteiger partial charge in [-0.3, -0.25) is 4.79 Å². The standard InChI is InChI=1S/C20H16N2O2/c1-22(2)19-8-7-14(13-5-3-4-6-15(13)19)18-11-20(23)16-12-24-10-9-17(16)21-18/h3-12H,1-2H3. The Labute approximate surface area is 139 Å². The predicted molar refractivity (Wildman–Crippen MR) is 96.7 cm³/mol. The Morgan fingerprint density at radius 3 is 2.50 bits per heavy atom. The highest BCUT2D eigenvalue weighted by molar-refractivity contribution is 6.03. The smallest absolute Gasteiger partial charge is 0.193 e. The zero-order chi connectivity index (χ0) is 16.7. The van der Waals surface area contributed by atoms with E-state index in [1.165, 1.54) is 12.5 Å². The minimum absolute atomic E-state index is 0.0832. The van der Waals surface area contributed by atoms with E-state index in [2.05, 4.69) is 28.1 Å². The highest BCUT2D eigenvalue weighted by Crippen LogP contribution is 2.34. The lowest BCUT2D eigenvalue weighted by Gasteiger charge is -2.17. The summed E-state index contributed by atoms with van der Waals surface area (Å²) < 4.78 is 5.08. The zero-order valence-corrected chi connectivity index (χ0v) is 13.5. The van der Waals surface area contributed by atoms with Crippen molar-refractivity contribution in [2.45, 2.75) is 0 Å². The first-order valence-corrected chi connectivity index (χ1v) is 7.72. The van der Waals surface area contributed by atoms with Crippen molar-refractivity contribution in [2.75, 3.05) is 19.0 Å². The van der Waals surface area contributed by atoms with E-state index in [1.54, 1.807) is 12.1 Å². The van der Waals surface area contributed by atoms with E-state index < -0.39 is 0 Å². The Hall–Kier alpha value is -3.14. The third-order valence-electron chi connectivity index (χ3n) is 4.20. The van der Waals surface area contributed by atoms with E-state index >= 15 is 0 Å². The summed E-state index contributed by atoms with van der Waals surface area (Å²) in [6, 6.07) is 15.6. The van der Waals surface area contributed by atoms with E-state index in [4.69, 9.17) is 4.42 Å². The summed E-state index contributed by atoms with van der Waals surface area (Å²) in [5.41, 5.74) is 3.83. The first kappa shape index (κ1) is 14.5. The number of anilines is 1. The first-order chi connectivity index (χ1) is 11.6. The van der Waals surface area contributed by atoms with E-state index in [0.29, 0.717) is 17.0 Å². The number of fused-ring (bicyclic) bond motifs is 2. The molecule has 2 aliphatic heterocycles. The number of hydrogen-bond donors (Lipinski definition) is 0. The minimum atomic E-state index is -0.0832. The second kappa shape index (κ2) is 5.49. The number of aromatic nitrogens is 1. The number of rotatable bonds is 2. The van der Waals surface area contributed by atoms with Gasteiger partial charge < -0.3 is 9.32 Å². The molecule has 0 unspecified atom stereocenters. The van der Waals surface area contributed by atoms with Gasteiger partial charge in [0.2, 0.25) is 0 Å². The monoisotopic (exact) mass is 316 g/mol. The quantitative estimate of drug-likeness (QED) is 0.560. The van der Waals surface area contributed by atoms with Crippen LogP contribution in [0.2, 0.25) is 0 Å². The fraction of sp³-hybridized carbons (Fsp3) is 0.100. The molecule has 0 fully saturated rings. The number of hydrogen-bond acceptors (Lipinski definition) is 4. The summed E-state index contributed by atoms with van der Waals surface area (Å²) in [4.78, 5) is 19.1. The molecule has 24 heavy (non-hydrogen) atoms. The van der Waals surface area contributed by atoms with E-state index in [1.807, 2.05) is 32.3 Å². The predicted octanol–water partition coefficient (Wildman–Crippen LogP) is 4.03. The van der Waals surface area contributed by atoms with Gasteiger partial charge in [0, 0.05) is 36.8 Å². The van der Waals surface area contributed by atoms with Crippen LogP contribution in [0.25, 0.3) is 33.3 Å². The molecule has 4 heteroatoms. The SMILES string of the molecule is CN(C)c1ccc(-c2cc(=O)c3coccc-3n2)c2ccccc12. The van der Waals surface area contributed by atoms with Gasteiger partial charge in [0.15, 0.2) is 5.43 Å². The van der Waals surface area contributed by atoms with Crippen LogP contribution in [-0.4, -0.2) is 19.1 Å². The number of benzene rings is 2. The van der Waals surface area contributed by atoms with Gasteiger partial charge >= 0.3 is 0 Å². The molecule has 0 amide bonds. The topological polar surface area (TPSA) is 46.3 Å². The van der Waals surface area contributed by atoms with E-state index in [9.17, 15) is 4.79 Å². The van der Waals surface area contributed by atoms with Crippen LogP contribution in [0.3, 0.4) is 0 Å². The van der Waals surface area contributed by atoms with Crippen molar-refractivity contribution in [3.8, 4) is 22.5 Å². The molecular formula is C20H16N2O2. The molecule has 0 saturated carbocycles. The number of nitrogens with zero attached hydrogens (tertiary/aromatic N) is 2. The second-order valence-electron chi connectivity index (χ2n) is 5.93. The van der Waals surface area contributed by atoms with Crippen molar-refractivity contribution >= 4 is 16.5 Å². The molecule has 2 aliphatic rings. The Morgan fingerprint density at radius 1 is 0.917 bits per heavy atom. The van der Waals surface area contributed by atoms with Crippen LogP contribution in [0, 0.1) is 0 Å². The normalized spacial score (nSPS) is 11.1. The van der Waals surface area contributed by atoms with Crippen LogP contribution in [-0.2, 0) is 0 Å². The fourth-order valence-electron chi connectivity index (χ4n) is 3.04. The largest absolute Gasteiger partial charge is 0.472 e. The molecule has 2 heterocycles. The first-order valence-electron chi connectivity index (χ1n) is 7.72. The van der Waals surface area contributed by atoms with Crippen molar-refractivity contribution < 1.29 is 4.42 Å². The molecule has 0 N–H and O–H groups in total. The molecule has 0 spiro atoms. The van der Waals surface area contributed by atoms with Gasteiger partial charge in [-0.15, -0.1) is 0 Å². The Morgan fingerprint density at radius 2 is 1.71 bits per heavy atom. The van der Waals surface area contributed by atoms with Crippen molar-refractivity contribution in [3.63, 3.8) is 0 Å². The second-order valence-corrected chi connectivity index (χ2v) is 5.93. The molecule has 0 radical (unpaired) electrons. The van der Waals surface area contributed by atoms with E-state index in [0.717, 1.165) is 22.0 Å². The Bertz CT molecular complexity index is 1070. The fourth-order valence-corrected chi connectivity index (χ4v) is 3.04. The molecule has 118 valence electrons. The highest BCUT2D eigenvalue weighted by Gasteiger charge is 2.14. The van der Waals surface area contributed by atoms with Crippen LogP contribution in [0.1, 0.15) is 0 Å². The van der Waals surface area contributed by atoms with Crippen molar-refractivity contribution in [2.24, 2.45) is 0 Å². The van der Waals surface area contributed by atoms with Crippen LogP contribution >= 0.6 is 0 Å². The highest BCUT2D eigenvalue weighted by atomic mass is 16.3. The maximum atomic E-state index is 12.4. The van der Waals surface area contributed by atoms with Crippen molar-refractivity contribution in [3.05, 3.63) is 71.3 Å². The molecule has 0 saturated heterocycles. The van der Waals surface area contributed by atoms with Crippen molar-refractivity contribution in [1.29, 1.82) is 0 Å². The average Bonchev–Trinajstić information content (AvgIpc) is 2.60. The summed E-state index contributed by atoms with van der Waals surface area (Å²) in [5, 5.41) is 2.22. The Kier molecular flexibility index (Phi) is 3.31. The zero-order valence-electron chi connectivity index (χ0n) is 13.5. The summed E-state index contributed by atoms with van der Waals surface area (Å²) in [6.07, 6.45) is 2.98. The summed E-state index contributed by atoms with van der Waals surface area (Å²) >= 11 is 0. The third-order valence-corrected chi connectivity index (χ3v) is 4.20. The molecule has 2 aromatic carbocycles. The maximum Gasteiger partial charge on any atom is 0.193 e. The van der Waals surface area contributed by atoms with Crippen LogP contribution < -0.4 is 10.3 Å². The minimum Gasteiger partial charge on any atom is -0.472 e. The Balaban J connectivity index is 2.04. The van der Waals surface area contributed by atoms with Crippen LogP contribution in [0.4, 0.5) is 5.69 Å². The van der Waals surface area contributed by atoms with Crippen LogP contribution in [0.5, 0.6) is 0 Å². The van der Waals surface area contributed by atoms with Gasteiger partial charge in [-0.05, 0) is 17.5 Å². The molecule has 0 aliphatic carbocycles. The lowest BCUT2D eigenvalue weighted by Crippen LogP contribution is -2.10. The molecule has 4 rings (SSSR count). The van der Waals surface area contributed by atoms with Gasteiger partial charge in [-0.2, -0.15) is 0 Å². The maximum absolute atomic E-state index is 12.4. The summed E-state index contributed by atoms with van der Waals surface area (Å²) in [5.74, 6) is 0. The molecular weight excluding hydrogens is 300 g/mol. The molecule has 0 bridgehead atoms.